The van der Waals surface area contributed by atoms with Gasteiger partial charge in [0.25, 0.3) is 0 Å². The molecule has 5 heteroatoms. The zero-order chi connectivity index (χ0) is 14.1. The molecule has 0 aliphatic carbocycles. The van der Waals surface area contributed by atoms with Crippen molar-refractivity contribution in [2.45, 2.75) is 6.04 Å². The number of hydrogen-bond acceptors (Lipinski definition) is 4. The summed E-state index contributed by atoms with van der Waals surface area (Å²) in [7, 11) is 0. The first-order valence-corrected chi connectivity index (χ1v) is 6.95. The Morgan fingerprint density at radius 1 is 1.45 bits per heavy atom. The van der Waals surface area contributed by atoms with Gasteiger partial charge in [-0.05, 0) is 6.07 Å². The number of nitrogens with two attached hydrogens (primary N) is 1. The molecule has 4 nitrogen and oxygen atoms in total. The van der Waals surface area contributed by atoms with Gasteiger partial charge >= 0.3 is 0 Å². The first-order chi connectivity index (χ1) is 9.70. The lowest BCUT2D eigenvalue weighted by Gasteiger charge is -2.00. The maximum Gasteiger partial charge on any atom is 0.136 e. The Kier molecular flexibility index (Phi) is 3.11. The number of nitrogens with one attached hydrogen (secondary N) is 1. The quantitative estimate of drug-likeness (QED) is 0.773. The zero-order valence-corrected chi connectivity index (χ0v) is 11.4. The predicted molar refractivity (Wildman–Crippen MR) is 81.1 cm³/mol. The fourth-order valence-corrected chi connectivity index (χ4v) is 2.91. The molecule has 0 fully saturated rings. The van der Waals surface area contributed by atoms with Crippen molar-refractivity contribution in [3.63, 3.8) is 0 Å². The van der Waals surface area contributed by atoms with E-state index in [1.54, 1.807) is 0 Å². The molecule has 3 rings (SSSR count). The summed E-state index contributed by atoms with van der Waals surface area (Å²) in [5, 5.41) is 12.5. The van der Waals surface area contributed by atoms with Crippen LogP contribution in [-0.2, 0) is 0 Å². The van der Waals surface area contributed by atoms with E-state index in [4.69, 9.17) is 11.0 Å². The Morgan fingerprint density at radius 2 is 2.25 bits per heavy atom. The van der Waals surface area contributed by atoms with Crippen LogP contribution in [0.4, 0.5) is 0 Å². The molecule has 0 aliphatic heterocycles. The molecule has 0 bridgehead atoms. The van der Waals surface area contributed by atoms with Gasteiger partial charge in [-0.2, -0.15) is 5.26 Å². The molecule has 3 aromatic rings. The van der Waals surface area contributed by atoms with Crippen LogP contribution in [0.1, 0.15) is 22.3 Å². The second-order valence-electron chi connectivity index (χ2n) is 4.41. The van der Waals surface area contributed by atoms with Gasteiger partial charge in [0.2, 0.25) is 0 Å². The van der Waals surface area contributed by atoms with Crippen molar-refractivity contribution < 1.29 is 0 Å². The van der Waals surface area contributed by atoms with Crippen LogP contribution in [0.25, 0.3) is 16.5 Å². The largest absolute Gasteiger partial charge is 0.361 e. The van der Waals surface area contributed by atoms with Gasteiger partial charge in [0.05, 0.1) is 11.8 Å². The van der Waals surface area contributed by atoms with Crippen LogP contribution in [0, 0.1) is 11.3 Å². The van der Waals surface area contributed by atoms with Gasteiger partial charge in [-0.3, -0.25) is 0 Å². The lowest BCUT2D eigenvalue weighted by atomic mass is 10.1. The molecule has 0 spiro atoms. The summed E-state index contributed by atoms with van der Waals surface area (Å²) in [5.41, 5.74) is 9.18. The van der Waals surface area contributed by atoms with Gasteiger partial charge in [0.15, 0.2) is 0 Å². The molecule has 1 unspecified atom stereocenters. The summed E-state index contributed by atoms with van der Waals surface area (Å²) in [5.74, 6) is 0. The van der Waals surface area contributed by atoms with E-state index in [1.165, 1.54) is 11.3 Å². The highest BCUT2D eigenvalue weighted by Gasteiger charge is 2.14. The van der Waals surface area contributed by atoms with Crippen molar-refractivity contribution in [1.82, 2.24) is 9.97 Å². The SMILES string of the molecule is C=C(c1nc(C(N)C#N)cs1)c1c[nH]c2ccccc12. The van der Waals surface area contributed by atoms with E-state index in [1.807, 2.05) is 41.9 Å². The molecule has 2 aromatic heterocycles. The van der Waals surface area contributed by atoms with Crippen molar-refractivity contribution in [1.29, 1.82) is 5.26 Å². The van der Waals surface area contributed by atoms with Gasteiger partial charge in [0.1, 0.15) is 11.0 Å². The molecule has 3 N–H and O–H groups in total. The summed E-state index contributed by atoms with van der Waals surface area (Å²) < 4.78 is 0. The monoisotopic (exact) mass is 280 g/mol. The number of para-hydroxylation sites is 1. The molecule has 0 saturated carbocycles. The minimum absolute atomic E-state index is 0.591. The van der Waals surface area contributed by atoms with E-state index >= 15 is 0 Å². The van der Waals surface area contributed by atoms with Gasteiger partial charge in [-0.1, -0.05) is 24.8 Å². The molecular formula is C15H12N4S. The predicted octanol–water partition coefficient (Wildman–Crippen LogP) is 3.21. The third kappa shape index (κ3) is 2.01. The van der Waals surface area contributed by atoms with Crippen LogP contribution < -0.4 is 5.73 Å². The zero-order valence-electron chi connectivity index (χ0n) is 10.6. The first-order valence-electron chi connectivity index (χ1n) is 6.07. The molecule has 0 aliphatic rings. The number of thiazole rings is 1. The van der Waals surface area contributed by atoms with Gasteiger partial charge < -0.3 is 10.7 Å². The Hall–Kier alpha value is -2.42. The minimum Gasteiger partial charge on any atom is -0.361 e. The first kappa shape index (κ1) is 12.6. The molecule has 0 radical (unpaired) electrons. The van der Waals surface area contributed by atoms with E-state index < -0.39 is 6.04 Å². The molecule has 1 atom stereocenters. The number of aromatic amines is 1. The van der Waals surface area contributed by atoms with Crippen LogP contribution in [0.2, 0.25) is 0 Å². The lowest BCUT2D eigenvalue weighted by Crippen LogP contribution is -2.07. The van der Waals surface area contributed by atoms with Crippen LogP contribution in [0.3, 0.4) is 0 Å². The second kappa shape index (κ2) is 4.93. The Morgan fingerprint density at radius 3 is 3.05 bits per heavy atom. The van der Waals surface area contributed by atoms with Crippen molar-refractivity contribution in [3.05, 3.63) is 58.7 Å². The fourth-order valence-electron chi connectivity index (χ4n) is 2.07. The topological polar surface area (TPSA) is 78.5 Å². The van der Waals surface area contributed by atoms with Crippen molar-refractivity contribution in [3.8, 4) is 6.07 Å². The average Bonchev–Trinajstić information content (AvgIpc) is 3.12. The van der Waals surface area contributed by atoms with E-state index in [2.05, 4.69) is 16.5 Å². The standard InChI is InChI=1S/C15H12N4S/c1-9(15-19-14(8-20-15)12(17)6-16)11-7-18-13-5-3-2-4-10(11)13/h2-5,7-8,12,18H,1,17H2. The molecule has 20 heavy (non-hydrogen) atoms. The molecule has 98 valence electrons. The minimum atomic E-state index is -0.684. The molecular weight excluding hydrogens is 268 g/mol. The van der Waals surface area contributed by atoms with Crippen LogP contribution >= 0.6 is 11.3 Å². The summed E-state index contributed by atoms with van der Waals surface area (Å²) in [6, 6.07) is 9.34. The maximum atomic E-state index is 8.82. The third-order valence-corrected chi connectivity index (χ3v) is 4.07. The summed E-state index contributed by atoms with van der Waals surface area (Å²) in [4.78, 5) is 7.62. The Balaban J connectivity index is 2.01. The fraction of sp³-hybridized carbons (Fsp3) is 0.0667. The third-order valence-electron chi connectivity index (χ3n) is 3.15. The number of rotatable bonds is 3. The number of hydrogen-bond donors (Lipinski definition) is 2. The van der Waals surface area contributed by atoms with Crippen molar-refractivity contribution in [2.24, 2.45) is 5.73 Å². The van der Waals surface area contributed by atoms with Crippen LogP contribution in [0.15, 0.2) is 42.4 Å². The summed E-state index contributed by atoms with van der Waals surface area (Å²) >= 11 is 1.45. The highest BCUT2D eigenvalue weighted by atomic mass is 32.1. The average molecular weight is 280 g/mol. The highest BCUT2D eigenvalue weighted by molar-refractivity contribution is 7.10. The number of nitrogens with zero attached hydrogens (tertiary/aromatic N) is 2. The van der Waals surface area contributed by atoms with E-state index in [0.717, 1.165) is 27.0 Å². The molecule has 0 saturated heterocycles. The molecule has 0 amide bonds. The Labute approximate surface area is 120 Å². The van der Waals surface area contributed by atoms with Crippen molar-refractivity contribution >= 4 is 27.8 Å². The van der Waals surface area contributed by atoms with Crippen LogP contribution in [-0.4, -0.2) is 9.97 Å². The number of nitriles is 1. The van der Waals surface area contributed by atoms with Gasteiger partial charge in [-0.25, -0.2) is 4.98 Å². The number of benzene rings is 1. The van der Waals surface area contributed by atoms with E-state index in [0.29, 0.717) is 5.69 Å². The summed E-state index contributed by atoms with van der Waals surface area (Å²) in [6.45, 7) is 4.12. The second-order valence-corrected chi connectivity index (χ2v) is 5.27. The highest BCUT2D eigenvalue weighted by Crippen LogP contribution is 2.30. The lowest BCUT2D eigenvalue weighted by molar-refractivity contribution is 0.886. The van der Waals surface area contributed by atoms with Crippen LogP contribution in [0.5, 0.6) is 0 Å². The number of fused-ring (bicyclic) bond motifs is 1. The number of aromatic nitrogens is 2. The maximum absolute atomic E-state index is 8.82. The van der Waals surface area contributed by atoms with Gasteiger partial charge in [0, 0.05) is 33.6 Å². The Bertz CT molecular complexity index is 822. The van der Waals surface area contributed by atoms with Crippen molar-refractivity contribution in [2.75, 3.05) is 0 Å². The van der Waals surface area contributed by atoms with E-state index in [-0.39, 0.29) is 0 Å². The molecule has 1 aromatic carbocycles. The van der Waals surface area contributed by atoms with Gasteiger partial charge in [-0.15, -0.1) is 11.3 Å². The smallest absolute Gasteiger partial charge is 0.136 e. The number of H-pyrrole nitrogens is 1. The van der Waals surface area contributed by atoms with E-state index in [9.17, 15) is 0 Å². The molecule has 2 heterocycles. The normalized spacial score (nSPS) is 12.2. The summed E-state index contributed by atoms with van der Waals surface area (Å²) in [6.07, 6.45) is 1.93.